The van der Waals surface area contributed by atoms with E-state index in [2.05, 4.69) is 0 Å². The molecule has 0 aliphatic rings. The number of methoxy groups -OCH3 is 1. The number of aryl methyl sites for hydroxylation is 2. The first-order chi connectivity index (χ1) is 9.51. The number of hydrogen-bond acceptors (Lipinski definition) is 4. The molecule has 20 heavy (non-hydrogen) atoms. The summed E-state index contributed by atoms with van der Waals surface area (Å²) in [6.45, 7) is 1.86. The molecule has 0 aliphatic heterocycles. The second kappa shape index (κ2) is 5.61. The molecular weight excluding hydrogens is 258 g/mol. The van der Waals surface area contributed by atoms with Gasteiger partial charge in [-0.15, -0.1) is 0 Å². The highest BCUT2D eigenvalue weighted by atomic mass is 16.5. The average Bonchev–Trinajstić information content (AvgIpc) is 2.42. The summed E-state index contributed by atoms with van der Waals surface area (Å²) >= 11 is 0. The van der Waals surface area contributed by atoms with Crippen LogP contribution < -0.4 is 15.0 Å². The van der Waals surface area contributed by atoms with Gasteiger partial charge in [0.15, 0.2) is 0 Å². The predicted molar refractivity (Wildman–Crippen MR) is 74.4 cm³/mol. The van der Waals surface area contributed by atoms with E-state index >= 15 is 0 Å². The molecule has 0 fully saturated rings. The van der Waals surface area contributed by atoms with E-state index in [0.29, 0.717) is 5.75 Å². The smallest absolute Gasteiger partial charge is 0.343 e. The molecule has 0 N–H and O–H groups in total. The van der Waals surface area contributed by atoms with E-state index in [4.69, 9.17) is 9.47 Å². The highest BCUT2D eigenvalue weighted by Crippen LogP contribution is 2.23. The van der Waals surface area contributed by atoms with Crippen molar-refractivity contribution in [1.29, 1.82) is 0 Å². The Morgan fingerprint density at radius 3 is 2.55 bits per heavy atom. The lowest BCUT2D eigenvalue weighted by Gasteiger charge is -2.08. The van der Waals surface area contributed by atoms with Gasteiger partial charge in [-0.2, -0.15) is 0 Å². The molecule has 0 amide bonds. The van der Waals surface area contributed by atoms with Gasteiger partial charge in [0.2, 0.25) is 0 Å². The summed E-state index contributed by atoms with van der Waals surface area (Å²) in [4.78, 5) is 23.4. The maximum atomic E-state index is 11.9. The second-order valence-corrected chi connectivity index (χ2v) is 4.39. The van der Waals surface area contributed by atoms with Crippen LogP contribution >= 0.6 is 0 Å². The Kier molecular flexibility index (Phi) is 3.89. The van der Waals surface area contributed by atoms with Crippen molar-refractivity contribution in [3.05, 3.63) is 58.0 Å². The van der Waals surface area contributed by atoms with Crippen LogP contribution in [0.2, 0.25) is 0 Å². The minimum atomic E-state index is -0.563. The minimum Gasteiger partial charge on any atom is -0.496 e. The number of pyridine rings is 1. The third-order valence-corrected chi connectivity index (χ3v) is 2.92. The number of rotatable bonds is 3. The fourth-order valence-corrected chi connectivity index (χ4v) is 1.76. The van der Waals surface area contributed by atoms with Gasteiger partial charge in [-0.1, -0.05) is 0 Å². The Balaban J connectivity index is 2.21. The molecule has 0 saturated heterocycles. The zero-order chi connectivity index (χ0) is 14.7. The van der Waals surface area contributed by atoms with Crippen molar-refractivity contribution in [2.75, 3.05) is 7.11 Å². The number of esters is 1. The van der Waals surface area contributed by atoms with Gasteiger partial charge in [-0.05, 0) is 36.8 Å². The van der Waals surface area contributed by atoms with Crippen LogP contribution in [0.25, 0.3) is 0 Å². The number of aromatic nitrogens is 1. The Morgan fingerprint density at radius 2 is 1.95 bits per heavy atom. The molecule has 2 rings (SSSR count). The summed E-state index contributed by atoms with van der Waals surface area (Å²) in [5.74, 6) is 0.569. The van der Waals surface area contributed by atoms with Gasteiger partial charge in [-0.25, -0.2) is 4.79 Å². The van der Waals surface area contributed by atoms with Crippen LogP contribution in [0.15, 0.2) is 41.3 Å². The zero-order valence-corrected chi connectivity index (χ0v) is 11.5. The van der Waals surface area contributed by atoms with Gasteiger partial charge in [0, 0.05) is 19.3 Å². The van der Waals surface area contributed by atoms with Crippen LogP contribution in [0, 0.1) is 6.92 Å². The normalized spacial score (nSPS) is 10.2. The van der Waals surface area contributed by atoms with Gasteiger partial charge in [0.1, 0.15) is 11.5 Å². The molecule has 0 saturated carbocycles. The summed E-state index contributed by atoms with van der Waals surface area (Å²) in [6, 6.07) is 7.86. The van der Waals surface area contributed by atoms with Crippen molar-refractivity contribution in [2.45, 2.75) is 6.92 Å². The maximum absolute atomic E-state index is 11.9. The van der Waals surface area contributed by atoms with Gasteiger partial charge >= 0.3 is 5.97 Å². The molecule has 5 nitrogen and oxygen atoms in total. The van der Waals surface area contributed by atoms with E-state index in [-0.39, 0.29) is 11.1 Å². The molecule has 0 bridgehead atoms. The molecule has 1 aromatic heterocycles. The van der Waals surface area contributed by atoms with Crippen molar-refractivity contribution >= 4 is 5.97 Å². The molecule has 1 heterocycles. The molecule has 0 unspecified atom stereocenters. The minimum absolute atomic E-state index is 0.224. The van der Waals surface area contributed by atoms with E-state index < -0.39 is 5.97 Å². The topological polar surface area (TPSA) is 57.5 Å². The van der Waals surface area contributed by atoms with Crippen LogP contribution in [0.3, 0.4) is 0 Å². The fraction of sp³-hybridized carbons (Fsp3) is 0.200. The van der Waals surface area contributed by atoms with E-state index in [9.17, 15) is 9.59 Å². The van der Waals surface area contributed by atoms with Gasteiger partial charge in [-0.3, -0.25) is 4.79 Å². The van der Waals surface area contributed by atoms with Gasteiger partial charge in [0.05, 0.1) is 12.7 Å². The van der Waals surface area contributed by atoms with Crippen molar-refractivity contribution in [2.24, 2.45) is 7.05 Å². The Morgan fingerprint density at radius 1 is 1.20 bits per heavy atom. The molecule has 104 valence electrons. The molecule has 0 aliphatic carbocycles. The highest BCUT2D eigenvalue weighted by Gasteiger charge is 2.10. The highest BCUT2D eigenvalue weighted by molar-refractivity contribution is 5.90. The SMILES string of the molecule is COc1ccc(OC(=O)c2ccn(C)c(=O)c2)cc1C. The number of nitrogens with zero attached hydrogens (tertiary/aromatic N) is 1. The van der Waals surface area contributed by atoms with E-state index in [0.717, 1.165) is 11.3 Å². The standard InChI is InChI=1S/C15H15NO4/c1-10-8-12(4-5-13(10)19-3)20-15(18)11-6-7-16(2)14(17)9-11/h4-9H,1-3H3. The quantitative estimate of drug-likeness (QED) is 0.633. The van der Waals surface area contributed by atoms with Crippen LogP contribution in [0.4, 0.5) is 0 Å². The van der Waals surface area contributed by atoms with Crippen molar-refractivity contribution in [3.8, 4) is 11.5 Å². The lowest BCUT2D eigenvalue weighted by molar-refractivity contribution is 0.0734. The maximum Gasteiger partial charge on any atom is 0.343 e. The lowest BCUT2D eigenvalue weighted by atomic mass is 10.2. The average molecular weight is 273 g/mol. The van der Waals surface area contributed by atoms with E-state index in [1.54, 1.807) is 38.4 Å². The second-order valence-electron chi connectivity index (χ2n) is 4.39. The third kappa shape index (κ3) is 2.88. The summed E-state index contributed by atoms with van der Waals surface area (Å²) in [6.07, 6.45) is 1.53. The predicted octanol–water partition coefficient (Wildman–Crippen LogP) is 1.92. The van der Waals surface area contributed by atoms with E-state index in [1.165, 1.54) is 16.8 Å². The number of hydrogen-bond donors (Lipinski definition) is 0. The van der Waals surface area contributed by atoms with Crippen LogP contribution in [0.1, 0.15) is 15.9 Å². The Hall–Kier alpha value is -2.56. The Labute approximate surface area is 116 Å². The number of benzene rings is 1. The van der Waals surface area contributed by atoms with E-state index in [1.807, 2.05) is 6.92 Å². The monoisotopic (exact) mass is 273 g/mol. The number of carbonyl (C=O) groups excluding carboxylic acids is 1. The van der Waals surface area contributed by atoms with Gasteiger partial charge in [0.25, 0.3) is 5.56 Å². The summed E-state index contributed by atoms with van der Waals surface area (Å²) < 4.78 is 11.8. The first-order valence-corrected chi connectivity index (χ1v) is 6.05. The number of ether oxygens (including phenoxy) is 2. The molecule has 0 atom stereocenters. The van der Waals surface area contributed by atoms with Crippen molar-refractivity contribution in [1.82, 2.24) is 4.57 Å². The third-order valence-electron chi connectivity index (χ3n) is 2.92. The Bertz CT molecular complexity index is 703. The molecule has 0 spiro atoms. The molecular formula is C15H15NO4. The van der Waals surface area contributed by atoms with Crippen molar-refractivity contribution < 1.29 is 14.3 Å². The first-order valence-electron chi connectivity index (χ1n) is 6.05. The molecule has 5 heteroatoms. The molecule has 1 aromatic carbocycles. The van der Waals surface area contributed by atoms with Crippen LogP contribution in [-0.2, 0) is 7.05 Å². The van der Waals surface area contributed by atoms with Crippen molar-refractivity contribution in [3.63, 3.8) is 0 Å². The summed E-state index contributed by atoms with van der Waals surface area (Å²) in [7, 11) is 3.19. The molecule has 2 aromatic rings. The first kappa shape index (κ1) is 13.9. The molecule has 0 radical (unpaired) electrons. The fourth-order valence-electron chi connectivity index (χ4n) is 1.76. The van der Waals surface area contributed by atoms with Gasteiger partial charge < -0.3 is 14.0 Å². The van der Waals surface area contributed by atoms with Crippen LogP contribution in [0.5, 0.6) is 11.5 Å². The number of carbonyl (C=O) groups is 1. The largest absolute Gasteiger partial charge is 0.496 e. The van der Waals surface area contributed by atoms with Crippen LogP contribution in [-0.4, -0.2) is 17.6 Å². The summed E-state index contributed by atoms with van der Waals surface area (Å²) in [5, 5.41) is 0. The summed E-state index contributed by atoms with van der Waals surface area (Å²) in [5.41, 5.74) is 0.828. The lowest BCUT2D eigenvalue weighted by Crippen LogP contribution is -2.18. The zero-order valence-electron chi connectivity index (χ0n) is 11.5.